The molecule has 3 aromatic rings. The zero-order chi connectivity index (χ0) is 54.9. The number of aryl methyl sites for hydroxylation is 1. The van der Waals surface area contributed by atoms with Gasteiger partial charge in [-0.05, 0) is 177 Å². The van der Waals surface area contributed by atoms with Gasteiger partial charge in [0.15, 0.2) is 5.78 Å². The van der Waals surface area contributed by atoms with E-state index in [0.29, 0.717) is 109 Å². The van der Waals surface area contributed by atoms with Crippen LogP contribution in [0.15, 0.2) is 35.7 Å². The first-order chi connectivity index (χ1) is 37.0. The van der Waals surface area contributed by atoms with Crippen LogP contribution in [0.3, 0.4) is 0 Å². The number of aromatic nitrogens is 2. The van der Waals surface area contributed by atoms with E-state index in [1.54, 1.807) is 0 Å². The van der Waals surface area contributed by atoms with E-state index in [1.165, 1.54) is 24.8 Å². The number of nitrogens with zero attached hydrogens (tertiary/aromatic N) is 1. The highest BCUT2D eigenvalue weighted by Gasteiger charge is 2.77. The number of aromatic amines is 1. The van der Waals surface area contributed by atoms with Crippen LogP contribution in [0.1, 0.15) is 209 Å². The SMILES string of the molecule is CNCC[C@]1(C)C(=O)C[C@]2(CC[C@H](O)C2)[C@@]2(C)[C@H]3[C@H](O)[C@H]4Cn5cc([C@H]6C(=O)CCc7c6cc(C6CCCCC6)cc7C6(O)CCOCC6)c6[nH]cc(c65)CC[C@@](C)(C[C@@H](O)[C@H]5OC5(C)C)C5=C4[C@](C)(CC5=O)[C@@]3(C)CC[C@H]21. The first-order valence-corrected chi connectivity index (χ1v) is 30.8. The van der Waals surface area contributed by atoms with Gasteiger partial charge in [0.2, 0.25) is 0 Å². The molecule has 12 heteroatoms. The zero-order valence-electron chi connectivity index (χ0n) is 48.3. The van der Waals surface area contributed by atoms with Crippen molar-refractivity contribution in [1.29, 1.82) is 0 Å². The van der Waals surface area contributed by atoms with Crippen LogP contribution in [-0.2, 0) is 48.8 Å². The smallest absolute Gasteiger partial charge is 0.160 e. The van der Waals surface area contributed by atoms with Crippen molar-refractivity contribution in [2.75, 3.05) is 26.8 Å². The molecule has 6 N–H and O–H groups in total. The number of ether oxygens (including phenoxy) is 2. The van der Waals surface area contributed by atoms with Crippen LogP contribution in [0.5, 0.6) is 0 Å². The van der Waals surface area contributed by atoms with Crippen LogP contribution in [0.4, 0.5) is 0 Å². The lowest BCUT2D eigenvalue weighted by molar-refractivity contribution is -0.262. The lowest BCUT2D eigenvalue weighted by Gasteiger charge is -2.74. The van der Waals surface area contributed by atoms with E-state index in [2.05, 4.69) is 74.0 Å². The number of fused-ring (bicyclic) bond motifs is 6. The summed E-state index contributed by atoms with van der Waals surface area (Å²) in [5.41, 5.74) is 4.83. The average molecular weight is 1070 g/mol. The van der Waals surface area contributed by atoms with Gasteiger partial charge in [0, 0.05) is 92.1 Å². The molecule has 3 aliphatic heterocycles. The van der Waals surface area contributed by atoms with Crippen molar-refractivity contribution in [3.8, 4) is 0 Å². The Bertz CT molecular complexity index is 2990. The number of rotatable bonds is 9. The molecule has 0 bridgehead atoms. The Hall–Kier alpha value is -3.49. The van der Waals surface area contributed by atoms with E-state index in [1.807, 2.05) is 20.9 Å². The van der Waals surface area contributed by atoms with Crippen LogP contribution < -0.4 is 5.32 Å². The molecule has 10 aliphatic rings. The fourth-order valence-corrected chi connectivity index (χ4v) is 20.9. The number of allylic oxidation sites excluding steroid dienone is 1. The predicted octanol–water partition coefficient (Wildman–Crippen LogP) is 9.97. The van der Waals surface area contributed by atoms with Crippen molar-refractivity contribution < 1.29 is 44.3 Å². The maximum Gasteiger partial charge on any atom is 0.160 e. The zero-order valence-corrected chi connectivity index (χ0v) is 48.3. The van der Waals surface area contributed by atoms with Crippen molar-refractivity contribution in [2.24, 2.45) is 50.2 Å². The molecule has 424 valence electrons. The lowest BCUT2D eigenvalue weighted by atomic mass is 9.30. The van der Waals surface area contributed by atoms with Crippen molar-refractivity contribution in [3.05, 3.63) is 69.1 Å². The molecule has 1 spiro atoms. The number of hydrogen-bond acceptors (Lipinski definition) is 10. The van der Waals surface area contributed by atoms with Gasteiger partial charge < -0.3 is 44.8 Å². The summed E-state index contributed by atoms with van der Waals surface area (Å²) in [6.45, 7) is 17.6. The topological polar surface area (TPSA) is 187 Å². The third-order valence-corrected chi connectivity index (χ3v) is 25.2. The van der Waals surface area contributed by atoms with Gasteiger partial charge >= 0.3 is 0 Å². The molecule has 5 saturated carbocycles. The van der Waals surface area contributed by atoms with E-state index in [0.717, 1.165) is 82.1 Å². The number of carbonyl (C=O) groups is 3. The average Bonchev–Trinajstić information content (AvgIpc) is 1.83. The van der Waals surface area contributed by atoms with Crippen molar-refractivity contribution >= 4 is 28.4 Å². The Morgan fingerprint density at radius 3 is 2.31 bits per heavy atom. The summed E-state index contributed by atoms with van der Waals surface area (Å²) in [6.07, 6.45) is 15.8. The van der Waals surface area contributed by atoms with Gasteiger partial charge in [0.1, 0.15) is 17.7 Å². The molecule has 0 unspecified atom stereocenters. The molecular weight excluding hydrogens is 979 g/mol. The highest BCUT2D eigenvalue weighted by molar-refractivity contribution is 6.02. The summed E-state index contributed by atoms with van der Waals surface area (Å²) in [5, 5.41) is 54.3. The summed E-state index contributed by atoms with van der Waals surface area (Å²) in [4.78, 5) is 49.8. The summed E-state index contributed by atoms with van der Waals surface area (Å²) in [6, 6.07) is 4.65. The highest BCUT2D eigenvalue weighted by atomic mass is 16.6. The number of aliphatic hydroxyl groups excluding tert-OH is 3. The minimum atomic E-state index is -1.04. The van der Waals surface area contributed by atoms with Gasteiger partial charge in [0.25, 0.3) is 0 Å². The predicted molar refractivity (Wildman–Crippen MR) is 299 cm³/mol. The molecule has 13 rings (SSSR count). The van der Waals surface area contributed by atoms with Crippen molar-refractivity contribution in [2.45, 2.75) is 231 Å². The largest absolute Gasteiger partial charge is 0.393 e. The van der Waals surface area contributed by atoms with Crippen LogP contribution >= 0.6 is 0 Å². The third-order valence-electron chi connectivity index (χ3n) is 25.2. The second-order valence-electron chi connectivity index (χ2n) is 29.4. The van der Waals surface area contributed by atoms with E-state index in [9.17, 15) is 20.4 Å². The fraction of sp³-hybridized carbons (Fsp3) is 0.742. The van der Waals surface area contributed by atoms with Crippen molar-refractivity contribution in [1.82, 2.24) is 14.9 Å². The molecule has 2 aromatic heterocycles. The number of nitrogens with one attached hydrogen (secondary N) is 2. The Balaban J connectivity index is 1.01. The molecule has 12 nitrogen and oxygen atoms in total. The van der Waals surface area contributed by atoms with Crippen molar-refractivity contribution in [3.63, 3.8) is 0 Å². The molecule has 7 fully saturated rings. The molecule has 2 saturated heterocycles. The molecule has 7 aliphatic carbocycles. The molecule has 1 aromatic carbocycles. The Morgan fingerprint density at radius 1 is 0.872 bits per heavy atom. The number of H-pyrrole nitrogens is 1. The summed E-state index contributed by atoms with van der Waals surface area (Å²) >= 11 is 0. The lowest BCUT2D eigenvalue weighted by Crippen LogP contribution is -2.72. The first kappa shape index (κ1) is 53.8. The highest BCUT2D eigenvalue weighted by Crippen LogP contribution is 2.80. The standard InChI is InChI=1S/C66H91N3O9/c1-59(2)58(78-59)48(73)31-60(3)19-16-38-34-68-54-43(51-42-28-39(37-12-10-9-11-13-37)29-45(41(42)14-15-46(51)71)66(76)23-26-77-27-24-66)35-69(55(38)54)36-44-52-53(60)47(72)32-63(52,6)62(5)20-18-49-61(4,22-25-67-8)50(74)33-65(21-17-40(70)30-65)64(49,7)57(62)56(44)75/h28-29,34-35,37,40,44,48-49,51,56-58,67-68,70,73,75-76H,9-27,30-33,36H2,1-8H3/t40-,44-,48+,49-,51-,56+,57-,58+,60-,61-,62-,63-,64+,65+/m0/s1. The summed E-state index contributed by atoms with van der Waals surface area (Å²) in [5.74, 6) is -0.540. The number of epoxide rings is 1. The Labute approximate surface area is 462 Å². The minimum absolute atomic E-state index is 0.0497. The second-order valence-corrected chi connectivity index (χ2v) is 29.4. The Kier molecular flexibility index (Phi) is 12.6. The van der Waals surface area contributed by atoms with Gasteiger partial charge in [-0.25, -0.2) is 0 Å². The quantitative estimate of drug-likeness (QED) is 0.113. The number of hydrogen-bond donors (Lipinski definition) is 6. The second kappa shape index (κ2) is 18.3. The van der Waals surface area contributed by atoms with Gasteiger partial charge in [-0.1, -0.05) is 66.0 Å². The van der Waals surface area contributed by atoms with Gasteiger partial charge in [-0.15, -0.1) is 0 Å². The number of carbonyl (C=O) groups excluding carboxylic acids is 3. The Morgan fingerprint density at radius 2 is 1.62 bits per heavy atom. The summed E-state index contributed by atoms with van der Waals surface area (Å²) in [7, 11) is 1.95. The van der Waals surface area contributed by atoms with Gasteiger partial charge in [-0.2, -0.15) is 0 Å². The van der Waals surface area contributed by atoms with Gasteiger partial charge in [-0.3, -0.25) is 14.4 Å². The first-order valence-electron chi connectivity index (χ1n) is 30.8. The number of aliphatic hydroxyl groups is 4. The van der Waals surface area contributed by atoms with Crippen LogP contribution in [0.2, 0.25) is 0 Å². The van der Waals surface area contributed by atoms with Gasteiger partial charge in [0.05, 0.1) is 46.5 Å². The molecule has 0 amide bonds. The summed E-state index contributed by atoms with van der Waals surface area (Å²) < 4.78 is 14.3. The minimum Gasteiger partial charge on any atom is -0.393 e. The monoisotopic (exact) mass is 1070 g/mol. The molecule has 14 atom stereocenters. The van der Waals surface area contributed by atoms with E-state index in [4.69, 9.17) is 9.47 Å². The van der Waals surface area contributed by atoms with E-state index < -0.39 is 73.8 Å². The normalized spacial score (nSPS) is 41.4. The molecule has 78 heavy (non-hydrogen) atoms. The van der Waals surface area contributed by atoms with Crippen LogP contribution in [0.25, 0.3) is 11.0 Å². The molecule has 5 heterocycles. The number of benzene rings is 1. The molecule has 0 radical (unpaired) electrons. The van der Waals surface area contributed by atoms with Crippen LogP contribution in [-0.4, -0.2) is 104 Å². The maximum absolute atomic E-state index is 15.8. The van der Waals surface area contributed by atoms with Crippen LogP contribution in [0, 0.1) is 50.2 Å². The fourth-order valence-electron chi connectivity index (χ4n) is 20.9. The van der Waals surface area contributed by atoms with E-state index in [-0.39, 0.29) is 35.3 Å². The number of ketones is 3. The third kappa shape index (κ3) is 7.49. The molecular formula is C66H91N3O9. The maximum atomic E-state index is 15.8. The van der Waals surface area contributed by atoms with E-state index >= 15 is 14.4 Å². The number of Topliss-reactive ketones (excluding diaryl/α,β-unsaturated/α-hetero) is 3.